The number of phenolic OH excluding ortho intramolecular Hbond substituents is 1. The Bertz CT molecular complexity index is 2250. The molecular formula is C43H35ClN2O6. The van der Waals surface area contributed by atoms with Gasteiger partial charge in [-0.25, -0.2) is 4.90 Å². The summed E-state index contributed by atoms with van der Waals surface area (Å²) in [5.41, 5.74) is 3.64. The van der Waals surface area contributed by atoms with Crippen LogP contribution in [-0.4, -0.2) is 28.7 Å². The highest BCUT2D eigenvalue weighted by molar-refractivity contribution is 6.32. The molecule has 9 rings (SSSR count). The summed E-state index contributed by atoms with van der Waals surface area (Å²) in [7, 11) is 0. The number of imide groups is 2. The standard InChI is InChI=1S/C43H35ClN2O6/c1-2-24-11-13-29(14-12-24)45-39(48)33-17-16-32-34(37(33)41(45)50)22-35-40(49)46(30-10-6-9-28(44)21-30)42(51)43(35,27-7-4-3-5-8-27)38(32)26-19-25-20-31(47)15-18-36(25)52-23-26/h3-16,18,20-21,23,33-35,37-38,47H,2,17,19,22H2,1H3. The van der Waals surface area contributed by atoms with Crippen molar-refractivity contribution in [2.75, 3.05) is 9.80 Å². The Morgan fingerprint density at radius 2 is 1.62 bits per heavy atom. The minimum absolute atomic E-state index is 0.0851. The fraction of sp³-hybridized carbons (Fsp3) is 0.256. The number of phenols is 1. The van der Waals surface area contributed by atoms with Crippen molar-refractivity contribution in [3.05, 3.63) is 142 Å². The van der Waals surface area contributed by atoms with E-state index in [4.69, 9.17) is 16.3 Å². The molecule has 260 valence electrons. The van der Waals surface area contributed by atoms with E-state index >= 15 is 4.79 Å². The van der Waals surface area contributed by atoms with Crippen LogP contribution < -0.4 is 14.5 Å². The fourth-order valence-corrected chi connectivity index (χ4v) is 9.88. The van der Waals surface area contributed by atoms with Crippen molar-refractivity contribution in [1.29, 1.82) is 0 Å². The second kappa shape index (κ2) is 12.1. The van der Waals surface area contributed by atoms with Gasteiger partial charge in [0.2, 0.25) is 23.6 Å². The van der Waals surface area contributed by atoms with E-state index in [2.05, 4.69) is 6.92 Å². The number of hydrogen-bond donors (Lipinski definition) is 1. The largest absolute Gasteiger partial charge is 0.508 e. The lowest BCUT2D eigenvalue weighted by Crippen LogP contribution is -2.55. The molecule has 3 aliphatic heterocycles. The molecule has 52 heavy (non-hydrogen) atoms. The van der Waals surface area contributed by atoms with E-state index in [0.29, 0.717) is 40.6 Å². The van der Waals surface area contributed by atoms with Crippen molar-refractivity contribution in [3.63, 3.8) is 0 Å². The van der Waals surface area contributed by atoms with Gasteiger partial charge in [0.05, 0.1) is 40.8 Å². The topological polar surface area (TPSA) is 104 Å². The van der Waals surface area contributed by atoms with Gasteiger partial charge in [0.25, 0.3) is 0 Å². The second-order valence-corrected chi connectivity index (χ2v) is 14.8. The average molecular weight is 711 g/mol. The number of carbonyl (C=O) groups excluding carboxylic acids is 4. The van der Waals surface area contributed by atoms with Gasteiger partial charge in [0.15, 0.2) is 0 Å². The van der Waals surface area contributed by atoms with E-state index in [1.807, 2.05) is 60.7 Å². The lowest BCUT2D eigenvalue weighted by Gasteiger charge is -2.51. The molecule has 0 aromatic heterocycles. The Labute approximate surface area is 306 Å². The van der Waals surface area contributed by atoms with Crippen molar-refractivity contribution in [1.82, 2.24) is 0 Å². The van der Waals surface area contributed by atoms with Gasteiger partial charge in [-0.05, 0) is 90.4 Å². The first-order chi connectivity index (χ1) is 25.2. The van der Waals surface area contributed by atoms with Crippen LogP contribution in [0.3, 0.4) is 0 Å². The minimum atomic E-state index is -1.40. The van der Waals surface area contributed by atoms with Crippen LogP contribution in [0.4, 0.5) is 11.4 Å². The number of allylic oxidation sites excluding steroid dienone is 3. The summed E-state index contributed by atoms with van der Waals surface area (Å²) in [4.78, 5) is 61.7. The van der Waals surface area contributed by atoms with Gasteiger partial charge in [-0.2, -0.15) is 0 Å². The van der Waals surface area contributed by atoms with Crippen LogP contribution >= 0.6 is 11.6 Å². The van der Waals surface area contributed by atoms with Gasteiger partial charge in [0, 0.05) is 22.9 Å². The maximum atomic E-state index is 15.4. The lowest BCUT2D eigenvalue weighted by molar-refractivity contribution is -0.128. The Morgan fingerprint density at radius 1 is 0.827 bits per heavy atom. The first kappa shape index (κ1) is 32.4. The molecule has 6 unspecified atom stereocenters. The third-order valence-electron chi connectivity index (χ3n) is 11.9. The highest BCUT2D eigenvalue weighted by atomic mass is 35.5. The van der Waals surface area contributed by atoms with E-state index in [9.17, 15) is 19.5 Å². The number of hydrogen-bond acceptors (Lipinski definition) is 6. The Hall–Kier alpha value is -5.47. The number of nitrogens with zero attached hydrogens (tertiary/aromatic N) is 2. The molecule has 6 atom stereocenters. The summed E-state index contributed by atoms with van der Waals surface area (Å²) >= 11 is 6.43. The number of benzene rings is 4. The highest BCUT2D eigenvalue weighted by Gasteiger charge is 2.70. The van der Waals surface area contributed by atoms with Crippen LogP contribution in [0.2, 0.25) is 5.02 Å². The number of aryl methyl sites for hydroxylation is 1. The van der Waals surface area contributed by atoms with E-state index in [-0.39, 0.29) is 35.8 Å². The summed E-state index contributed by atoms with van der Waals surface area (Å²) in [5, 5.41) is 10.8. The van der Waals surface area contributed by atoms with Gasteiger partial charge < -0.3 is 9.84 Å². The molecule has 9 heteroatoms. The van der Waals surface area contributed by atoms with Crippen LogP contribution in [-0.2, 0) is 37.4 Å². The lowest BCUT2D eigenvalue weighted by atomic mass is 9.48. The summed E-state index contributed by atoms with van der Waals surface area (Å²) in [6.07, 6.45) is 5.41. The fourth-order valence-electron chi connectivity index (χ4n) is 9.69. The third kappa shape index (κ3) is 4.59. The molecule has 4 amide bonds. The predicted molar refractivity (Wildman–Crippen MR) is 196 cm³/mol. The summed E-state index contributed by atoms with van der Waals surface area (Å²) in [5.74, 6) is -3.98. The SMILES string of the molecule is CCc1ccc(N2C(=O)C3CC=C4C(CC5C(=O)N(c6cccc(Cl)c6)C(=O)C5(c5ccccc5)C4C4=COc5ccc(O)cc5C4)C3C2=O)cc1. The molecule has 2 aliphatic carbocycles. The average Bonchev–Trinajstić information content (AvgIpc) is 3.55. The van der Waals surface area contributed by atoms with Gasteiger partial charge >= 0.3 is 0 Å². The zero-order chi connectivity index (χ0) is 35.9. The third-order valence-corrected chi connectivity index (χ3v) is 12.2. The molecule has 0 radical (unpaired) electrons. The number of fused-ring (bicyclic) bond motifs is 5. The van der Waals surface area contributed by atoms with Crippen molar-refractivity contribution in [3.8, 4) is 11.5 Å². The molecule has 2 saturated heterocycles. The van der Waals surface area contributed by atoms with Crippen molar-refractivity contribution in [2.45, 2.75) is 38.0 Å². The monoisotopic (exact) mass is 710 g/mol. The van der Waals surface area contributed by atoms with Gasteiger partial charge in [-0.15, -0.1) is 0 Å². The molecule has 5 aliphatic rings. The van der Waals surface area contributed by atoms with E-state index < -0.39 is 35.0 Å². The summed E-state index contributed by atoms with van der Waals surface area (Å²) in [6.45, 7) is 2.05. The number of carbonyl (C=O) groups is 4. The molecule has 4 aromatic carbocycles. The quantitative estimate of drug-likeness (QED) is 0.172. The van der Waals surface area contributed by atoms with Crippen molar-refractivity contribution >= 4 is 46.6 Å². The predicted octanol–water partition coefficient (Wildman–Crippen LogP) is 7.33. The Kier molecular flexibility index (Phi) is 7.52. The summed E-state index contributed by atoms with van der Waals surface area (Å²) in [6, 6.07) is 28.6. The second-order valence-electron chi connectivity index (χ2n) is 14.4. The Morgan fingerprint density at radius 3 is 2.37 bits per heavy atom. The highest BCUT2D eigenvalue weighted by Crippen LogP contribution is 2.64. The van der Waals surface area contributed by atoms with Gasteiger partial charge in [0.1, 0.15) is 11.5 Å². The molecule has 0 spiro atoms. The van der Waals surface area contributed by atoms with Crippen LogP contribution in [0.1, 0.15) is 36.5 Å². The normalized spacial score (nSPS) is 27.7. The molecule has 3 heterocycles. The maximum Gasteiger partial charge on any atom is 0.246 e. The van der Waals surface area contributed by atoms with Crippen LogP contribution in [0.5, 0.6) is 11.5 Å². The van der Waals surface area contributed by atoms with Crippen molar-refractivity contribution in [2.24, 2.45) is 29.6 Å². The zero-order valence-corrected chi connectivity index (χ0v) is 29.1. The van der Waals surface area contributed by atoms with Crippen LogP contribution in [0.15, 0.2) is 121 Å². The van der Waals surface area contributed by atoms with Crippen LogP contribution in [0, 0.1) is 29.6 Å². The number of aromatic hydroxyl groups is 1. The maximum absolute atomic E-state index is 15.4. The van der Waals surface area contributed by atoms with Crippen LogP contribution in [0.25, 0.3) is 0 Å². The Balaban J connectivity index is 1.24. The van der Waals surface area contributed by atoms with E-state index in [1.165, 1.54) is 9.80 Å². The molecular weight excluding hydrogens is 676 g/mol. The number of ether oxygens (including phenoxy) is 1. The number of amides is 4. The number of halogens is 1. The molecule has 3 fully saturated rings. The number of anilines is 2. The van der Waals surface area contributed by atoms with Crippen molar-refractivity contribution < 1.29 is 29.0 Å². The molecule has 0 bridgehead atoms. The first-order valence-electron chi connectivity index (χ1n) is 17.8. The minimum Gasteiger partial charge on any atom is -0.508 e. The number of rotatable bonds is 5. The summed E-state index contributed by atoms with van der Waals surface area (Å²) < 4.78 is 6.20. The smallest absolute Gasteiger partial charge is 0.246 e. The molecule has 1 saturated carbocycles. The van der Waals surface area contributed by atoms with Gasteiger partial charge in [-0.1, -0.05) is 78.7 Å². The molecule has 8 nitrogen and oxygen atoms in total. The molecule has 4 aromatic rings. The van der Waals surface area contributed by atoms with E-state index in [1.54, 1.807) is 48.7 Å². The zero-order valence-electron chi connectivity index (χ0n) is 28.4. The van der Waals surface area contributed by atoms with E-state index in [0.717, 1.165) is 28.7 Å². The first-order valence-corrected chi connectivity index (χ1v) is 18.1. The molecule has 1 N–H and O–H groups in total. The van der Waals surface area contributed by atoms with Gasteiger partial charge in [-0.3, -0.25) is 24.1 Å².